The Kier molecular flexibility index (Phi) is 3.92. The largest absolute Gasteiger partial charge is 0.489 e. The van der Waals surface area contributed by atoms with Crippen LogP contribution in [0.4, 0.5) is 14.5 Å². The lowest BCUT2D eigenvalue weighted by Gasteiger charge is -2.07. The van der Waals surface area contributed by atoms with Crippen LogP contribution >= 0.6 is 0 Å². The van der Waals surface area contributed by atoms with Crippen molar-refractivity contribution in [3.8, 4) is 0 Å². The predicted molar refractivity (Wildman–Crippen MR) is 57.1 cm³/mol. The molecule has 6 heteroatoms. The Morgan fingerprint density at radius 3 is 2.71 bits per heavy atom. The van der Waals surface area contributed by atoms with Crippen molar-refractivity contribution in [2.75, 3.05) is 0 Å². The molecular weight excluding hydrogens is 232 g/mol. The molecule has 0 spiro atoms. The Morgan fingerprint density at radius 2 is 2.18 bits per heavy atom. The van der Waals surface area contributed by atoms with Gasteiger partial charge in [-0.15, -0.1) is 0 Å². The number of halogens is 2. The Bertz CT molecular complexity index is 486. The van der Waals surface area contributed by atoms with E-state index in [1.54, 1.807) is 0 Å². The summed E-state index contributed by atoms with van der Waals surface area (Å²) in [6, 6.07) is 1.58. The number of hydrogen-bond donors (Lipinski definition) is 0. The molecule has 0 aliphatic rings. The molecule has 0 fully saturated rings. The molecule has 1 aromatic rings. The number of hydrogen-bond acceptors (Lipinski definition) is 3. The van der Waals surface area contributed by atoms with E-state index in [-0.39, 0.29) is 5.76 Å². The number of nitro benzene ring substituents is 1. The van der Waals surface area contributed by atoms with Crippen molar-refractivity contribution in [2.45, 2.75) is 6.61 Å². The van der Waals surface area contributed by atoms with Crippen LogP contribution in [0.25, 0.3) is 0 Å². The van der Waals surface area contributed by atoms with Gasteiger partial charge in [-0.25, -0.2) is 4.39 Å². The summed E-state index contributed by atoms with van der Waals surface area (Å²) in [6.07, 6.45) is 1.26. The van der Waals surface area contributed by atoms with E-state index in [4.69, 9.17) is 4.74 Å². The molecule has 17 heavy (non-hydrogen) atoms. The van der Waals surface area contributed by atoms with E-state index < -0.39 is 34.4 Å². The second-order valence-corrected chi connectivity index (χ2v) is 3.08. The highest BCUT2D eigenvalue weighted by molar-refractivity contribution is 5.37. The molecule has 0 aliphatic heterocycles. The van der Waals surface area contributed by atoms with Gasteiger partial charge in [0.05, 0.1) is 10.5 Å². The number of nitrogens with zero attached hydrogens (tertiary/aromatic N) is 1. The SMILES string of the molecule is C=CC(=C)OCc1c(F)ccc([N+](=O)[O-])c1F. The van der Waals surface area contributed by atoms with Gasteiger partial charge in [0.25, 0.3) is 0 Å². The van der Waals surface area contributed by atoms with Crippen LogP contribution in [-0.4, -0.2) is 4.92 Å². The summed E-state index contributed by atoms with van der Waals surface area (Å²) in [6.45, 7) is 6.25. The van der Waals surface area contributed by atoms with Crippen LogP contribution in [0.3, 0.4) is 0 Å². The fourth-order valence-corrected chi connectivity index (χ4v) is 1.08. The molecule has 0 saturated carbocycles. The van der Waals surface area contributed by atoms with Crippen LogP contribution in [0.5, 0.6) is 0 Å². The molecule has 0 unspecified atom stereocenters. The Morgan fingerprint density at radius 1 is 1.53 bits per heavy atom. The lowest BCUT2D eigenvalue weighted by atomic mass is 10.2. The third kappa shape index (κ3) is 2.87. The maximum atomic E-state index is 13.5. The third-order valence-corrected chi connectivity index (χ3v) is 1.99. The molecule has 0 heterocycles. The fraction of sp³-hybridized carbons (Fsp3) is 0.0909. The van der Waals surface area contributed by atoms with Crippen LogP contribution < -0.4 is 0 Å². The smallest absolute Gasteiger partial charge is 0.305 e. The molecule has 0 amide bonds. The Hall–Kier alpha value is -2.24. The summed E-state index contributed by atoms with van der Waals surface area (Å²) in [5, 5.41) is 10.4. The summed E-state index contributed by atoms with van der Waals surface area (Å²) in [7, 11) is 0. The molecule has 1 aromatic carbocycles. The van der Waals surface area contributed by atoms with Gasteiger partial charge in [0, 0.05) is 6.07 Å². The van der Waals surface area contributed by atoms with Gasteiger partial charge in [-0.3, -0.25) is 10.1 Å². The molecule has 0 N–H and O–H groups in total. The molecular formula is C11H9F2NO3. The number of ether oxygens (including phenoxy) is 1. The lowest BCUT2D eigenvalue weighted by Crippen LogP contribution is -2.02. The minimum atomic E-state index is -1.24. The molecule has 0 atom stereocenters. The highest BCUT2D eigenvalue weighted by atomic mass is 19.1. The summed E-state index contributed by atoms with van der Waals surface area (Å²) in [4.78, 5) is 9.52. The van der Waals surface area contributed by atoms with Crippen LogP contribution in [0.2, 0.25) is 0 Å². The van der Waals surface area contributed by atoms with Gasteiger partial charge in [-0.1, -0.05) is 13.2 Å². The summed E-state index contributed by atoms with van der Waals surface area (Å²) < 4.78 is 31.6. The zero-order valence-corrected chi connectivity index (χ0v) is 8.78. The first-order chi connectivity index (χ1) is 7.97. The van der Waals surface area contributed by atoms with Crippen molar-refractivity contribution in [1.29, 1.82) is 0 Å². The molecule has 0 aromatic heterocycles. The minimum absolute atomic E-state index is 0.121. The van der Waals surface area contributed by atoms with Crippen LogP contribution in [0.15, 0.2) is 37.1 Å². The number of benzene rings is 1. The van der Waals surface area contributed by atoms with E-state index in [1.165, 1.54) is 6.08 Å². The summed E-state index contributed by atoms with van der Waals surface area (Å²) in [5.74, 6) is -2.04. The van der Waals surface area contributed by atoms with Gasteiger partial charge in [0.1, 0.15) is 18.2 Å². The van der Waals surface area contributed by atoms with Gasteiger partial charge in [-0.05, 0) is 12.1 Å². The first kappa shape index (κ1) is 12.8. The normalized spacial score (nSPS) is 9.76. The topological polar surface area (TPSA) is 52.4 Å². The maximum Gasteiger partial charge on any atom is 0.305 e. The van der Waals surface area contributed by atoms with Crippen molar-refractivity contribution in [3.05, 3.63) is 64.4 Å². The van der Waals surface area contributed by atoms with Crippen molar-refractivity contribution in [3.63, 3.8) is 0 Å². The second-order valence-electron chi connectivity index (χ2n) is 3.08. The van der Waals surface area contributed by atoms with E-state index >= 15 is 0 Å². The maximum absolute atomic E-state index is 13.5. The molecule has 0 bridgehead atoms. The highest BCUT2D eigenvalue weighted by Gasteiger charge is 2.21. The lowest BCUT2D eigenvalue weighted by molar-refractivity contribution is -0.387. The van der Waals surface area contributed by atoms with Crippen molar-refractivity contribution < 1.29 is 18.4 Å². The molecule has 1 rings (SSSR count). The van der Waals surface area contributed by atoms with Gasteiger partial charge >= 0.3 is 5.69 Å². The van der Waals surface area contributed by atoms with Crippen LogP contribution in [-0.2, 0) is 11.3 Å². The van der Waals surface area contributed by atoms with E-state index in [0.717, 1.165) is 12.1 Å². The quantitative estimate of drug-likeness (QED) is 0.344. The minimum Gasteiger partial charge on any atom is -0.489 e. The van der Waals surface area contributed by atoms with Gasteiger partial charge in [0.2, 0.25) is 5.82 Å². The average Bonchev–Trinajstić information content (AvgIpc) is 2.27. The van der Waals surface area contributed by atoms with Gasteiger partial charge in [-0.2, -0.15) is 4.39 Å². The monoisotopic (exact) mass is 241 g/mol. The van der Waals surface area contributed by atoms with Crippen molar-refractivity contribution in [2.24, 2.45) is 0 Å². The van der Waals surface area contributed by atoms with E-state index in [1.807, 2.05) is 0 Å². The second kappa shape index (κ2) is 5.20. The van der Waals surface area contributed by atoms with E-state index in [9.17, 15) is 18.9 Å². The van der Waals surface area contributed by atoms with Gasteiger partial charge in [0.15, 0.2) is 0 Å². The number of nitro groups is 1. The zero-order chi connectivity index (χ0) is 13.0. The standard InChI is InChI=1S/C11H9F2NO3/c1-3-7(2)17-6-8-9(12)4-5-10(11(8)13)14(15)16/h3-5H,1-2,6H2. The average molecular weight is 241 g/mol. The summed E-state index contributed by atoms with van der Waals surface area (Å²) >= 11 is 0. The summed E-state index contributed by atoms with van der Waals surface area (Å²) in [5.41, 5.74) is -1.31. The van der Waals surface area contributed by atoms with Crippen LogP contribution in [0.1, 0.15) is 5.56 Å². The number of allylic oxidation sites excluding steroid dienone is 1. The molecule has 0 saturated heterocycles. The molecule has 4 nitrogen and oxygen atoms in total. The van der Waals surface area contributed by atoms with Crippen molar-refractivity contribution >= 4 is 5.69 Å². The first-order valence-corrected chi connectivity index (χ1v) is 4.52. The predicted octanol–water partition coefficient (Wildman–Crippen LogP) is 3.09. The Labute approximate surface area is 96.0 Å². The fourth-order valence-electron chi connectivity index (χ4n) is 1.08. The molecule has 0 radical (unpaired) electrons. The highest BCUT2D eigenvalue weighted by Crippen LogP contribution is 2.24. The van der Waals surface area contributed by atoms with Crippen molar-refractivity contribution in [1.82, 2.24) is 0 Å². The number of rotatable bonds is 5. The van der Waals surface area contributed by atoms with E-state index in [2.05, 4.69) is 13.2 Å². The van der Waals surface area contributed by atoms with Crippen LogP contribution in [0, 0.1) is 21.7 Å². The first-order valence-electron chi connectivity index (χ1n) is 4.52. The third-order valence-electron chi connectivity index (χ3n) is 1.99. The Balaban J connectivity index is 3.05. The van der Waals surface area contributed by atoms with E-state index in [0.29, 0.717) is 0 Å². The zero-order valence-electron chi connectivity index (χ0n) is 8.78. The molecule has 90 valence electrons. The molecule has 0 aliphatic carbocycles. The van der Waals surface area contributed by atoms with Gasteiger partial charge < -0.3 is 4.74 Å².